The number of halogens is 2. The second kappa shape index (κ2) is 6.31. The minimum Gasteiger partial charge on any atom is -0.457 e. The van der Waals surface area contributed by atoms with Gasteiger partial charge in [-0.3, -0.25) is 0 Å². The summed E-state index contributed by atoms with van der Waals surface area (Å²) in [6.45, 7) is 4.28. The van der Waals surface area contributed by atoms with Gasteiger partial charge in [-0.05, 0) is 29.7 Å². The predicted octanol–water partition coefficient (Wildman–Crippen LogP) is 5.99. The van der Waals surface area contributed by atoms with Crippen LogP contribution in [0.3, 0.4) is 0 Å². The normalized spacial score (nSPS) is 10.8. The molecule has 0 aliphatic rings. The maximum Gasteiger partial charge on any atom is 0.133 e. The third-order valence-electron chi connectivity index (χ3n) is 2.97. The summed E-state index contributed by atoms with van der Waals surface area (Å²) in [5.41, 5.74) is 1.99. The van der Waals surface area contributed by atoms with Crippen molar-refractivity contribution in [3.63, 3.8) is 0 Å². The number of benzene rings is 2. The van der Waals surface area contributed by atoms with Crippen molar-refractivity contribution in [2.24, 2.45) is 0 Å². The lowest BCUT2D eigenvalue weighted by molar-refractivity contribution is 0.469. The summed E-state index contributed by atoms with van der Waals surface area (Å²) >= 11 is 12.1. The van der Waals surface area contributed by atoms with E-state index < -0.39 is 0 Å². The van der Waals surface area contributed by atoms with Crippen molar-refractivity contribution in [3.05, 3.63) is 58.6 Å². The van der Waals surface area contributed by atoms with Crippen LogP contribution in [0.1, 0.15) is 30.9 Å². The molecule has 0 aromatic heterocycles. The zero-order valence-electron chi connectivity index (χ0n) is 11.0. The van der Waals surface area contributed by atoms with Crippen LogP contribution in [0, 0.1) is 0 Å². The highest BCUT2D eigenvalue weighted by Gasteiger charge is 2.11. The van der Waals surface area contributed by atoms with Gasteiger partial charge in [-0.15, -0.1) is 11.6 Å². The fraction of sp³-hybridized carbons (Fsp3) is 0.250. The number of rotatable bonds is 4. The molecule has 2 aromatic carbocycles. The van der Waals surface area contributed by atoms with Crippen LogP contribution in [0.15, 0.2) is 42.5 Å². The molecular formula is C16H16Cl2O. The highest BCUT2D eigenvalue weighted by molar-refractivity contribution is 6.32. The summed E-state index contributed by atoms with van der Waals surface area (Å²) in [5, 5.41) is 0.634. The smallest absolute Gasteiger partial charge is 0.133 e. The summed E-state index contributed by atoms with van der Waals surface area (Å²) in [6, 6.07) is 13.6. The molecule has 0 unspecified atom stereocenters. The van der Waals surface area contributed by atoms with Crippen molar-refractivity contribution in [2.75, 3.05) is 0 Å². The molecular weight excluding hydrogens is 279 g/mol. The second-order valence-electron chi connectivity index (χ2n) is 4.64. The molecule has 1 nitrogen and oxygen atoms in total. The molecule has 0 aliphatic carbocycles. The molecule has 0 amide bonds. The Morgan fingerprint density at radius 1 is 1.00 bits per heavy atom. The number of hydrogen-bond donors (Lipinski definition) is 0. The number of hydrogen-bond acceptors (Lipinski definition) is 1. The zero-order valence-corrected chi connectivity index (χ0v) is 12.5. The molecule has 0 radical (unpaired) electrons. The molecule has 0 saturated heterocycles. The van der Waals surface area contributed by atoms with Gasteiger partial charge < -0.3 is 4.74 Å². The van der Waals surface area contributed by atoms with E-state index in [0.717, 1.165) is 17.1 Å². The molecule has 3 heteroatoms. The summed E-state index contributed by atoms with van der Waals surface area (Å²) in [7, 11) is 0. The first-order valence-corrected chi connectivity index (χ1v) is 7.15. The van der Waals surface area contributed by atoms with Crippen LogP contribution in [0.2, 0.25) is 5.02 Å². The van der Waals surface area contributed by atoms with Gasteiger partial charge in [0.15, 0.2) is 0 Å². The fourth-order valence-corrected chi connectivity index (χ4v) is 2.51. The quantitative estimate of drug-likeness (QED) is 0.629. The topological polar surface area (TPSA) is 9.23 Å². The van der Waals surface area contributed by atoms with Gasteiger partial charge in [0.05, 0.1) is 5.88 Å². The number of alkyl halides is 1. The van der Waals surface area contributed by atoms with Crippen LogP contribution in [-0.4, -0.2) is 0 Å². The number of para-hydroxylation sites is 1. The molecule has 0 atom stereocenters. The average Bonchev–Trinajstić information content (AvgIpc) is 2.39. The van der Waals surface area contributed by atoms with Crippen LogP contribution in [0.5, 0.6) is 11.5 Å². The molecule has 19 heavy (non-hydrogen) atoms. The van der Waals surface area contributed by atoms with Crippen molar-refractivity contribution in [1.29, 1.82) is 0 Å². The Labute approximate surface area is 124 Å². The molecule has 0 heterocycles. The van der Waals surface area contributed by atoms with Gasteiger partial charge in [0.1, 0.15) is 11.5 Å². The fourth-order valence-electron chi connectivity index (χ4n) is 1.93. The monoisotopic (exact) mass is 294 g/mol. The van der Waals surface area contributed by atoms with E-state index in [0.29, 0.717) is 16.8 Å². The van der Waals surface area contributed by atoms with E-state index in [1.807, 2.05) is 36.4 Å². The van der Waals surface area contributed by atoms with Gasteiger partial charge in [0.2, 0.25) is 0 Å². The Hall–Kier alpha value is -1.18. The van der Waals surface area contributed by atoms with Crippen molar-refractivity contribution in [3.8, 4) is 11.5 Å². The highest BCUT2D eigenvalue weighted by Crippen LogP contribution is 2.35. The van der Waals surface area contributed by atoms with Crippen LogP contribution >= 0.6 is 23.2 Å². The average molecular weight is 295 g/mol. The minimum absolute atomic E-state index is 0.332. The molecule has 0 fully saturated rings. The van der Waals surface area contributed by atoms with Gasteiger partial charge >= 0.3 is 0 Å². The first-order chi connectivity index (χ1) is 9.13. The standard InChI is InChI=1S/C16H16Cl2O/c1-11(2)12-6-3-4-8-15(12)19-16-9-5-7-14(18)13(16)10-17/h3-9,11H,10H2,1-2H3. The van der Waals surface area contributed by atoms with E-state index in [2.05, 4.69) is 19.9 Å². The molecule has 0 aliphatic heterocycles. The van der Waals surface area contributed by atoms with E-state index in [4.69, 9.17) is 27.9 Å². The predicted molar refractivity (Wildman–Crippen MR) is 81.6 cm³/mol. The third kappa shape index (κ3) is 3.23. The van der Waals surface area contributed by atoms with Crippen molar-refractivity contribution >= 4 is 23.2 Å². The molecule has 0 bridgehead atoms. The molecule has 100 valence electrons. The van der Waals surface area contributed by atoms with Gasteiger partial charge in [0, 0.05) is 10.6 Å². The summed E-state index contributed by atoms with van der Waals surface area (Å²) < 4.78 is 6.00. The van der Waals surface area contributed by atoms with Gasteiger partial charge in [-0.2, -0.15) is 0 Å². The Balaban J connectivity index is 2.39. The van der Waals surface area contributed by atoms with Crippen molar-refractivity contribution in [2.45, 2.75) is 25.6 Å². The van der Waals surface area contributed by atoms with E-state index in [1.165, 1.54) is 5.56 Å². The largest absolute Gasteiger partial charge is 0.457 e. The lowest BCUT2D eigenvalue weighted by Crippen LogP contribution is -1.96. The summed E-state index contributed by atoms with van der Waals surface area (Å²) in [6.07, 6.45) is 0. The molecule has 0 spiro atoms. The minimum atomic E-state index is 0.332. The van der Waals surface area contributed by atoms with Gasteiger partial charge in [-0.25, -0.2) is 0 Å². The van der Waals surface area contributed by atoms with E-state index >= 15 is 0 Å². The van der Waals surface area contributed by atoms with Gasteiger partial charge in [0.25, 0.3) is 0 Å². The van der Waals surface area contributed by atoms with E-state index in [-0.39, 0.29) is 0 Å². The van der Waals surface area contributed by atoms with E-state index in [9.17, 15) is 0 Å². The van der Waals surface area contributed by atoms with Crippen molar-refractivity contribution in [1.82, 2.24) is 0 Å². The van der Waals surface area contributed by atoms with Gasteiger partial charge in [-0.1, -0.05) is 49.7 Å². The lowest BCUT2D eigenvalue weighted by Gasteiger charge is -2.15. The Morgan fingerprint density at radius 2 is 1.68 bits per heavy atom. The number of ether oxygens (including phenoxy) is 1. The molecule has 2 aromatic rings. The summed E-state index contributed by atoms with van der Waals surface area (Å²) in [4.78, 5) is 0. The van der Waals surface area contributed by atoms with Crippen molar-refractivity contribution < 1.29 is 4.74 Å². The maximum atomic E-state index is 6.13. The molecule has 0 N–H and O–H groups in total. The lowest BCUT2D eigenvalue weighted by atomic mass is 10.0. The zero-order chi connectivity index (χ0) is 13.8. The second-order valence-corrected chi connectivity index (χ2v) is 5.32. The van der Waals surface area contributed by atoms with Crippen LogP contribution < -0.4 is 4.74 Å². The van der Waals surface area contributed by atoms with Crippen LogP contribution in [0.25, 0.3) is 0 Å². The first kappa shape index (κ1) is 14.2. The SMILES string of the molecule is CC(C)c1ccccc1Oc1cccc(Cl)c1CCl. The Morgan fingerprint density at radius 3 is 2.37 bits per heavy atom. The van der Waals surface area contributed by atoms with E-state index in [1.54, 1.807) is 0 Å². The molecule has 0 saturated carbocycles. The Kier molecular flexibility index (Phi) is 4.73. The first-order valence-electron chi connectivity index (χ1n) is 6.23. The summed E-state index contributed by atoms with van der Waals surface area (Å²) in [5.74, 6) is 2.30. The Bertz CT molecular complexity index is 564. The maximum absolute atomic E-state index is 6.13. The van der Waals surface area contributed by atoms with Crippen LogP contribution in [0.4, 0.5) is 0 Å². The molecule has 2 rings (SSSR count). The third-order valence-corrected chi connectivity index (χ3v) is 3.59. The highest BCUT2D eigenvalue weighted by atomic mass is 35.5. The van der Waals surface area contributed by atoms with Crippen LogP contribution in [-0.2, 0) is 5.88 Å².